The highest BCUT2D eigenvalue weighted by Crippen LogP contribution is 2.27. The van der Waals surface area contributed by atoms with E-state index >= 15 is 0 Å². The van der Waals surface area contributed by atoms with Gasteiger partial charge in [-0.15, -0.1) is 0 Å². The summed E-state index contributed by atoms with van der Waals surface area (Å²) >= 11 is 9.30. The molecular formula is C23H15BrClN3O4. The van der Waals surface area contributed by atoms with E-state index in [2.05, 4.69) is 21.2 Å². The number of amides is 1. The molecule has 0 bridgehead atoms. The average Bonchev–Trinajstić information content (AvgIpc) is 2.77. The van der Waals surface area contributed by atoms with E-state index in [1.54, 1.807) is 54.6 Å². The zero-order valence-electron chi connectivity index (χ0n) is 16.4. The van der Waals surface area contributed by atoms with E-state index < -0.39 is 10.8 Å². The number of nitrogens with zero attached hydrogens (tertiary/aromatic N) is 2. The molecule has 0 aliphatic heterocycles. The van der Waals surface area contributed by atoms with Crippen LogP contribution in [-0.4, -0.2) is 10.8 Å². The summed E-state index contributed by atoms with van der Waals surface area (Å²) in [5.41, 5.74) is 1.38. The zero-order valence-corrected chi connectivity index (χ0v) is 18.8. The number of hydrogen-bond acceptors (Lipinski definition) is 5. The fourth-order valence-corrected chi connectivity index (χ4v) is 3.32. The third-order valence-electron chi connectivity index (χ3n) is 4.23. The topological polar surface area (TPSA) is 105 Å². The van der Waals surface area contributed by atoms with Crippen molar-refractivity contribution in [3.05, 3.63) is 103 Å². The number of halogens is 2. The summed E-state index contributed by atoms with van der Waals surface area (Å²) < 4.78 is 6.55. The Morgan fingerprint density at radius 3 is 2.69 bits per heavy atom. The van der Waals surface area contributed by atoms with Crippen molar-refractivity contribution in [2.45, 2.75) is 6.61 Å². The summed E-state index contributed by atoms with van der Waals surface area (Å²) in [5.74, 6) is -0.192. The van der Waals surface area contributed by atoms with E-state index in [0.717, 1.165) is 4.47 Å². The molecule has 3 aromatic rings. The fourth-order valence-electron chi connectivity index (χ4n) is 2.75. The number of hydrogen-bond donors (Lipinski definition) is 1. The third-order valence-corrected chi connectivity index (χ3v) is 4.96. The molecule has 0 unspecified atom stereocenters. The summed E-state index contributed by atoms with van der Waals surface area (Å²) in [6, 6.07) is 19.7. The molecule has 7 nitrogen and oxygen atoms in total. The van der Waals surface area contributed by atoms with Crippen LogP contribution in [0.15, 0.2) is 76.8 Å². The van der Waals surface area contributed by atoms with Gasteiger partial charge in [-0.05, 0) is 48.0 Å². The van der Waals surface area contributed by atoms with E-state index in [9.17, 15) is 20.2 Å². The van der Waals surface area contributed by atoms with Crippen LogP contribution in [0.25, 0.3) is 6.08 Å². The number of nitro benzene ring substituents is 1. The van der Waals surface area contributed by atoms with Crippen molar-refractivity contribution < 1.29 is 14.5 Å². The Kier molecular flexibility index (Phi) is 7.60. The van der Waals surface area contributed by atoms with Crippen LogP contribution in [0.1, 0.15) is 11.1 Å². The predicted molar refractivity (Wildman–Crippen MR) is 125 cm³/mol. The summed E-state index contributed by atoms with van der Waals surface area (Å²) in [6.45, 7) is 0.0702. The van der Waals surface area contributed by atoms with E-state index in [1.807, 2.05) is 6.07 Å². The molecule has 1 N–H and O–H groups in total. The number of nitriles is 1. The van der Waals surface area contributed by atoms with Crippen LogP contribution >= 0.6 is 27.5 Å². The Bertz CT molecular complexity index is 1250. The first-order valence-corrected chi connectivity index (χ1v) is 10.4. The molecule has 0 saturated carbocycles. The first-order valence-electron chi connectivity index (χ1n) is 9.20. The van der Waals surface area contributed by atoms with Crippen molar-refractivity contribution in [1.29, 1.82) is 5.26 Å². The van der Waals surface area contributed by atoms with Crippen LogP contribution in [0.3, 0.4) is 0 Å². The Morgan fingerprint density at radius 1 is 1.19 bits per heavy atom. The first kappa shape index (κ1) is 23.0. The standard InChI is InChI=1S/C23H15BrClN3O4/c24-18-7-8-22(32-14-15-3-1-6-21(9-15)28(30)31)16(11-18)10-17(13-26)23(29)27-20-5-2-4-19(25)12-20/h1-12H,14H2,(H,27,29)/b17-10+. The molecule has 32 heavy (non-hydrogen) atoms. The molecule has 0 atom stereocenters. The normalized spacial score (nSPS) is 10.8. The number of carbonyl (C=O) groups is 1. The molecule has 0 spiro atoms. The molecule has 1 amide bonds. The van der Waals surface area contributed by atoms with Crippen molar-refractivity contribution in [2.24, 2.45) is 0 Å². The summed E-state index contributed by atoms with van der Waals surface area (Å²) in [7, 11) is 0. The molecule has 9 heteroatoms. The number of nitrogens with one attached hydrogen (secondary N) is 1. The van der Waals surface area contributed by atoms with Gasteiger partial charge in [-0.1, -0.05) is 45.7 Å². The SMILES string of the molecule is N#C/C(=C\c1cc(Br)ccc1OCc1cccc([N+](=O)[O-])c1)C(=O)Nc1cccc(Cl)c1. The van der Waals surface area contributed by atoms with Gasteiger partial charge in [-0.25, -0.2) is 0 Å². The number of non-ortho nitro benzene ring substituents is 1. The number of rotatable bonds is 7. The highest BCUT2D eigenvalue weighted by atomic mass is 79.9. The van der Waals surface area contributed by atoms with Gasteiger partial charge in [0.2, 0.25) is 0 Å². The highest BCUT2D eigenvalue weighted by Gasteiger charge is 2.13. The molecule has 0 saturated heterocycles. The van der Waals surface area contributed by atoms with Crippen molar-refractivity contribution in [2.75, 3.05) is 5.32 Å². The van der Waals surface area contributed by atoms with Gasteiger partial charge in [0, 0.05) is 32.9 Å². The number of benzene rings is 3. The van der Waals surface area contributed by atoms with E-state index in [0.29, 0.717) is 27.6 Å². The lowest BCUT2D eigenvalue weighted by atomic mass is 10.1. The van der Waals surface area contributed by atoms with Gasteiger partial charge < -0.3 is 10.1 Å². The fraction of sp³-hybridized carbons (Fsp3) is 0.0435. The van der Waals surface area contributed by atoms with Gasteiger partial charge in [-0.3, -0.25) is 14.9 Å². The van der Waals surface area contributed by atoms with E-state index in [1.165, 1.54) is 18.2 Å². The lowest BCUT2D eigenvalue weighted by Gasteiger charge is -2.11. The number of anilines is 1. The van der Waals surface area contributed by atoms with Gasteiger partial charge in [0.15, 0.2) is 0 Å². The van der Waals surface area contributed by atoms with Crippen molar-refractivity contribution in [1.82, 2.24) is 0 Å². The van der Waals surface area contributed by atoms with Gasteiger partial charge in [0.1, 0.15) is 24.0 Å². The van der Waals surface area contributed by atoms with Crippen LogP contribution in [0, 0.1) is 21.4 Å². The molecule has 160 valence electrons. The van der Waals surface area contributed by atoms with Crippen LogP contribution in [0.4, 0.5) is 11.4 Å². The number of ether oxygens (including phenoxy) is 1. The van der Waals surface area contributed by atoms with Gasteiger partial charge in [-0.2, -0.15) is 5.26 Å². The van der Waals surface area contributed by atoms with Crippen LogP contribution in [0.5, 0.6) is 5.75 Å². The smallest absolute Gasteiger partial charge is 0.269 e. The Hall–Kier alpha value is -3.67. The lowest BCUT2D eigenvalue weighted by Crippen LogP contribution is -2.13. The van der Waals surface area contributed by atoms with Crippen molar-refractivity contribution >= 4 is 50.9 Å². The second-order valence-corrected chi connectivity index (χ2v) is 7.88. The summed E-state index contributed by atoms with van der Waals surface area (Å²) in [5, 5.41) is 23.6. The molecular weight excluding hydrogens is 498 g/mol. The molecule has 3 aromatic carbocycles. The van der Waals surface area contributed by atoms with Gasteiger partial charge in [0.05, 0.1) is 4.92 Å². The molecule has 0 aliphatic carbocycles. The Balaban J connectivity index is 1.83. The molecule has 0 fully saturated rings. The summed E-state index contributed by atoms with van der Waals surface area (Å²) in [6.07, 6.45) is 1.41. The minimum Gasteiger partial charge on any atom is -0.488 e. The third kappa shape index (κ3) is 6.17. The highest BCUT2D eigenvalue weighted by molar-refractivity contribution is 9.10. The first-order chi connectivity index (χ1) is 15.4. The maximum absolute atomic E-state index is 12.6. The van der Waals surface area contributed by atoms with E-state index in [4.69, 9.17) is 16.3 Å². The predicted octanol–water partition coefficient (Wildman–Crippen LogP) is 6.14. The molecule has 0 heterocycles. The van der Waals surface area contributed by atoms with Gasteiger partial charge >= 0.3 is 0 Å². The minimum absolute atomic E-state index is 0.0357. The van der Waals surface area contributed by atoms with Crippen molar-refractivity contribution in [3.63, 3.8) is 0 Å². The van der Waals surface area contributed by atoms with Crippen LogP contribution < -0.4 is 10.1 Å². The van der Waals surface area contributed by atoms with Crippen LogP contribution in [-0.2, 0) is 11.4 Å². The quantitative estimate of drug-likeness (QED) is 0.177. The number of nitro groups is 1. The second-order valence-electron chi connectivity index (χ2n) is 6.53. The largest absolute Gasteiger partial charge is 0.488 e. The minimum atomic E-state index is -0.598. The molecule has 0 aromatic heterocycles. The monoisotopic (exact) mass is 511 g/mol. The average molecular weight is 513 g/mol. The zero-order chi connectivity index (χ0) is 23.1. The molecule has 3 rings (SSSR count). The maximum atomic E-state index is 12.6. The Morgan fingerprint density at radius 2 is 1.97 bits per heavy atom. The number of carbonyl (C=O) groups excluding carboxylic acids is 1. The maximum Gasteiger partial charge on any atom is 0.269 e. The molecule has 0 radical (unpaired) electrons. The van der Waals surface area contributed by atoms with Crippen LogP contribution in [0.2, 0.25) is 5.02 Å². The summed E-state index contributed by atoms with van der Waals surface area (Å²) in [4.78, 5) is 23.1. The van der Waals surface area contributed by atoms with E-state index in [-0.39, 0.29) is 17.9 Å². The van der Waals surface area contributed by atoms with Gasteiger partial charge in [0.25, 0.3) is 11.6 Å². The van der Waals surface area contributed by atoms with Crippen molar-refractivity contribution in [3.8, 4) is 11.8 Å². The second kappa shape index (κ2) is 10.6. The molecule has 0 aliphatic rings. The lowest BCUT2D eigenvalue weighted by molar-refractivity contribution is -0.384. The Labute approximate surface area is 197 Å².